The molecule has 2 N–H and O–H groups in total. The molecule has 2 saturated heterocycles. The molecule has 0 unspecified atom stereocenters. The minimum Gasteiger partial charge on any atom is -0.495 e. The summed E-state index contributed by atoms with van der Waals surface area (Å²) in [6, 6.07) is 11.7. The SMILES string of the molecule is COc1cc(P(C)(C)=O)ccc1NCC#Cc1nn2c(N[C@@H]3CC[C@@H]4CC[C@H]3N4C)cccc2c1SC(F)(F)F. The molecule has 2 aliphatic heterocycles. The smallest absolute Gasteiger partial charge is 0.446 e. The summed E-state index contributed by atoms with van der Waals surface area (Å²) in [5.41, 5.74) is -3.41. The van der Waals surface area contributed by atoms with Crippen molar-refractivity contribution in [1.29, 1.82) is 0 Å². The van der Waals surface area contributed by atoms with Crippen LogP contribution >= 0.6 is 18.9 Å². The van der Waals surface area contributed by atoms with Crippen LogP contribution in [0, 0.1) is 11.8 Å². The van der Waals surface area contributed by atoms with Crippen LogP contribution in [-0.4, -0.2) is 72.2 Å². The molecule has 2 fully saturated rings. The highest BCUT2D eigenvalue weighted by Gasteiger charge is 2.40. The number of rotatable bonds is 7. The Bertz CT molecular complexity index is 1510. The van der Waals surface area contributed by atoms with Crippen LogP contribution in [0.1, 0.15) is 31.4 Å². The number of aromatic nitrogens is 2. The van der Waals surface area contributed by atoms with Gasteiger partial charge >= 0.3 is 5.51 Å². The topological polar surface area (TPSA) is 70.9 Å². The summed E-state index contributed by atoms with van der Waals surface area (Å²) in [7, 11) is 1.21. The van der Waals surface area contributed by atoms with Crippen LogP contribution in [0.5, 0.6) is 5.75 Å². The van der Waals surface area contributed by atoms with E-state index in [1.54, 1.807) is 48.2 Å². The molecule has 0 radical (unpaired) electrons. The molecule has 7 nitrogen and oxygen atoms in total. The number of pyridine rings is 1. The Hall–Kier alpha value is -2.80. The van der Waals surface area contributed by atoms with Gasteiger partial charge in [0.15, 0.2) is 0 Å². The molecule has 40 heavy (non-hydrogen) atoms. The molecule has 2 aliphatic rings. The number of likely N-dealkylation sites (N-methyl/N-ethyl adjacent to an activating group) is 1. The molecule has 0 aliphatic carbocycles. The van der Waals surface area contributed by atoms with E-state index in [-0.39, 0.29) is 34.9 Å². The molecule has 0 spiro atoms. The first-order valence-electron chi connectivity index (χ1n) is 13.2. The van der Waals surface area contributed by atoms with Crippen LogP contribution in [0.3, 0.4) is 0 Å². The molecule has 4 heterocycles. The zero-order valence-electron chi connectivity index (χ0n) is 22.9. The molecule has 1 aromatic carbocycles. The number of methoxy groups -OCH3 is 1. The average Bonchev–Trinajstić information content (AvgIpc) is 3.34. The van der Waals surface area contributed by atoms with Gasteiger partial charge in [-0.05, 0) is 94.1 Å². The number of halogens is 3. The van der Waals surface area contributed by atoms with E-state index in [2.05, 4.69) is 39.5 Å². The molecule has 0 saturated carbocycles. The molecule has 12 heteroatoms. The quantitative estimate of drug-likeness (QED) is 0.208. The van der Waals surface area contributed by atoms with Crippen molar-refractivity contribution in [3.8, 4) is 17.6 Å². The Balaban J connectivity index is 1.40. The number of hydrogen-bond acceptors (Lipinski definition) is 7. The number of alkyl halides is 3. The van der Waals surface area contributed by atoms with Crippen molar-refractivity contribution in [1.82, 2.24) is 14.5 Å². The summed E-state index contributed by atoms with van der Waals surface area (Å²) in [5, 5.41) is 11.9. The van der Waals surface area contributed by atoms with Crippen LogP contribution in [0.25, 0.3) is 5.52 Å². The number of anilines is 2. The molecule has 2 aromatic heterocycles. The lowest BCUT2D eigenvalue weighted by Gasteiger charge is -2.38. The van der Waals surface area contributed by atoms with Crippen LogP contribution in [0.15, 0.2) is 41.3 Å². The highest BCUT2D eigenvalue weighted by Crippen LogP contribution is 2.42. The Morgan fingerprint density at radius 1 is 1.18 bits per heavy atom. The highest BCUT2D eigenvalue weighted by atomic mass is 32.2. The molecule has 5 rings (SSSR count). The third kappa shape index (κ3) is 6.09. The zero-order valence-corrected chi connectivity index (χ0v) is 24.6. The first-order valence-corrected chi connectivity index (χ1v) is 16.6. The van der Waals surface area contributed by atoms with Gasteiger partial charge in [-0.1, -0.05) is 12.0 Å². The lowest BCUT2D eigenvalue weighted by molar-refractivity contribution is -0.0327. The fraction of sp³-hybridized carbons (Fsp3) is 0.464. The van der Waals surface area contributed by atoms with Crippen LogP contribution in [0.4, 0.5) is 24.7 Å². The van der Waals surface area contributed by atoms with Gasteiger partial charge in [0.05, 0.1) is 29.8 Å². The first kappa shape index (κ1) is 28.7. The van der Waals surface area contributed by atoms with Gasteiger partial charge in [0.25, 0.3) is 0 Å². The van der Waals surface area contributed by atoms with Gasteiger partial charge in [0.2, 0.25) is 0 Å². The Morgan fingerprint density at radius 3 is 2.67 bits per heavy atom. The number of hydrogen-bond donors (Lipinski definition) is 2. The molecule has 2 bridgehead atoms. The minimum atomic E-state index is -4.49. The van der Waals surface area contributed by atoms with Crippen molar-refractivity contribution in [3.05, 3.63) is 42.1 Å². The Kier molecular flexibility index (Phi) is 8.06. The lowest BCUT2D eigenvalue weighted by Crippen LogP contribution is -2.48. The maximum absolute atomic E-state index is 13.6. The Morgan fingerprint density at radius 2 is 1.95 bits per heavy atom. The van der Waals surface area contributed by atoms with Gasteiger partial charge < -0.3 is 19.9 Å². The van der Waals surface area contributed by atoms with Gasteiger partial charge in [-0.25, -0.2) is 4.52 Å². The standard InChI is InChI=1S/C28H33F3N5O2PS/c1-35-18-10-13-20(23(35)15-11-18)33-26-9-5-8-24-27(40-28(29,30)31)22(34-36(24)26)7-6-16-32-21-14-12-19(39(3,4)37)17-25(21)38-2/h5,8-9,12,14,17-18,20,23,32-33H,10-11,13,15-16H2,1-4H3/t18-,20-,23-/m1/s1. The molecule has 3 atom stereocenters. The Labute approximate surface area is 236 Å². The number of nitrogens with one attached hydrogen (secondary N) is 2. The summed E-state index contributed by atoms with van der Waals surface area (Å²) in [5.74, 6) is 6.93. The summed E-state index contributed by atoms with van der Waals surface area (Å²) in [6.07, 6.45) is 4.40. The fourth-order valence-corrected chi connectivity index (χ4v) is 7.22. The summed E-state index contributed by atoms with van der Waals surface area (Å²) >= 11 is -0.194. The molecule has 0 amide bonds. The minimum absolute atomic E-state index is 0.0195. The van der Waals surface area contributed by atoms with Crippen LogP contribution in [-0.2, 0) is 4.57 Å². The van der Waals surface area contributed by atoms with E-state index in [4.69, 9.17) is 4.74 Å². The van der Waals surface area contributed by atoms with Crippen LogP contribution < -0.4 is 20.7 Å². The van der Waals surface area contributed by atoms with Gasteiger partial charge in [0.1, 0.15) is 24.4 Å². The van der Waals surface area contributed by atoms with Gasteiger partial charge in [-0.3, -0.25) is 4.90 Å². The number of fused-ring (bicyclic) bond motifs is 3. The van der Waals surface area contributed by atoms with Crippen molar-refractivity contribution in [2.24, 2.45) is 0 Å². The maximum atomic E-state index is 13.6. The van der Waals surface area contributed by atoms with Gasteiger partial charge in [-0.15, -0.1) is 0 Å². The summed E-state index contributed by atoms with van der Waals surface area (Å²) in [6.45, 7) is 3.52. The first-order chi connectivity index (χ1) is 18.9. The molecular weight excluding hydrogens is 558 g/mol. The van der Waals surface area contributed by atoms with E-state index in [0.717, 1.165) is 19.3 Å². The van der Waals surface area contributed by atoms with E-state index in [0.29, 0.717) is 40.2 Å². The third-order valence-electron chi connectivity index (χ3n) is 7.71. The average molecular weight is 592 g/mol. The zero-order chi connectivity index (χ0) is 28.7. The van der Waals surface area contributed by atoms with Gasteiger partial charge in [-0.2, -0.15) is 18.3 Å². The lowest BCUT2D eigenvalue weighted by atomic mass is 9.98. The predicted octanol–water partition coefficient (Wildman–Crippen LogP) is 5.70. The number of benzene rings is 1. The molecule has 214 valence electrons. The monoisotopic (exact) mass is 591 g/mol. The molecule has 3 aromatic rings. The molecular formula is C28H33F3N5O2PS. The second-order valence-electron chi connectivity index (χ2n) is 10.6. The van der Waals surface area contributed by atoms with Crippen molar-refractivity contribution in [2.45, 2.75) is 54.2 Å². The highest BCUT2D eigenvalue weighted by molar-refractivity contribution is 8.00. The van der Waals surface area contributed by atoms with Crippen molar-refractivity contribution in [3.63, 3.8) is 0 Å². The second-order valence-corrected chi connectivity index (χ2v) is 14.9. The van der Waals surface area contributed by atoms with E-state index >= 15 is 0 Å². The van der Waals surface area contributed by atoms with E-state index in [1.165, 1.54) is 13.5 Å². The van der Waals surface area contributed by atoms with Gasteiger partial charge in [0, 0.05) is 23.4 Å². The van der Waals surface area contributed by atoms with E-state index in [1.807, 2.05) is 6.07 Å². The van der Waals surface area contributed by atoms with Crippen molar-refractivity contribution >= 4 is 41.2 Å². The van der Waals surface area contributed by atoms with E-state index < -0.39 is 12.7 Å². The number of nitrogens with zero attached hydrogens (tertiary/aromatic N) is 3. The number of piperidine rings is 1. The third-order valence-corrected chi connectivity index (χ3v) is 10.1. The maximum Gasteiger partial charge on any atom is 0.446 e. The number of thioether (sulfide) groups is 1. The predicted molar refractivity (Wildman–Crippen MR) is 156 cm³/mol. The van der Waals surface area contributed by atoms with Crippen molar-refractivity contribution < 1.29 is 22.5 Å². The van der Waals surface area contributed by atoms with Crippen LogP contribution in [0.2, 0.25) is 0 Å². The summed E-state index contributed by atoms with van der Waals surface area (Å²) < 4.78 is 60.1. The van der Waals surface area contributed by atoms with Crippen molar-refractivity contribution in [2.75, 3.05) is 44.7 Å². The number of ether oxygens (including phenoxy) is 1. The van der Waals surface area contributed by atoms with E-state index in [9.17, 15) is 17.7 Å². The fourth-order valence-electron chi connectivity index (χ4n) is 5.68. The largest absolute Gasteiger partial charge is 0.495 e. The normalized spacial score (nSPS) is 21.2. The second kappa shape index (κ2) is 11.2. The summed E-state index contributed by atoms with van der Waals surface area (Å²) in [4.78, 5) is 2.40.